The summed E-state index contributed by atoms with van der Waals surface area (Å²) in [6.45, 7) is 8.28. The number of benzene rings is 3. The molecule has 1 aliphatic rings. The molecule has 28 heavy (non-hydrogen) atoms. The van der Waals surface area contributed by atoms with Crippen molar-refractivity contribution in [2.75, 3.05) is 19.8 Å². The largest absolute Gasteiger partial charge is 0.378 e. The Morgan fingerprint density at radius 3 is 2.64 bits per heavy atom. The van der Waals surface area contributed by atoms with Gasteiger partial charge in [0.25, 0.3) is 0 Å². The van der Waals surface area contributed by atoms with Crippen LogP contribution in [0, 0.1) is 6.92 Å². The van der Waals surface area contributed by atoms with Crippen LogP contribution in [0.5, 0.6) is 0 Å². The van der Waals surface area contributed by atoms with Gasteiger partial charge in [-0.25, -0.2) is 0 Å². The van der Waals surface area contributed by atoms with Gasteiger partial charge in [-0.1, -0.05) is 79.2 Å². The molecule has 0 radical (unpaired) electrons. The predicted molar refractivity (Wildman–Crippen MR) is 118 cm³/mol. The molecule has 1 aliphatic heterocycles. The highest BCUT2D eigenvalue weighted by molar-refractivity contribution is 5.86. The van der Waals surface area contributed by atoms with Crippen molar-refractivity contribution in [1.29, 1.82) is 0 Å². The number of aryl methyl sites for hydroxylation is 1. The van der Waals surface area contributed by atoms with Crippen molar-refractivity contribution in [3.8, 4) is 0 Å². The Hall–Kier alpha value is -2.16. The van der Waals surface area contributed by atoms with E-state index in [1.807, 2.05) is 0 Å². The minimum absolute atomic E-state index is 0.507. The Morgan fingerprint density at radius 1 is 1.00 bits per heavy atom. The lowest BCUT2D eigenvalue weighted by Gasteiger charge is -2.36. The second-order valence-electron chi connectivity index (χ2n) is 8.23. The van der Waals surface area contributed by atoms with Crippen molar-refractivity contribution in [1.82, 2.24) is 4.90 Å². The van der Waals surface area contributed by atoms with E-state index in [1.165, 1.54) is 40.3 Å². The fourth-order valence-electron chi connectivity index (χ4n) is 4.37. The molecule has 1 heterocycles. The third-order valence-electron chi connectivity index (χ3n) is 6.14. The molecular weight excluding hydrogens is 342 g/mol. The van der Waals surface area contributed by atoms with Crippen molar-refractivity contribution in [3.63, 3.8) is 0 Å². The van der Waals surface area contributed by atoms with E-state index in [0.717, 1.165) is 26.3 Å². The van der Waals surface area contributed by atoms with Gasteiger partial charge in [0.15, 0.2) is 0 Å². The van der Waals surface area contributed by atoms with Gasteiger partial charge in [0.05, 0.1) is 13.2 Å². The average molecular weight is 374 g/mol. The van der Waals surface area contributed by atoms with Gasteiger partial charge in [-0.15, -0.1) is 0 Å². The molecule has 0 aromatic heterocycles. The zero-order valence-corrected chi connectivity index (χ0v) is 17.1. The number of morpholine rings is 1. The standard InChI is InChI=1S/C26H31NO/c1-20-10-13-22(14-11-20)18-27-16-17-28-19-24(27)15-12-21(2)25-9-5-7-23-6-3-4-8-26(23)25/h3-11,13-14,21,24H,12,15-19H2,1-2H3/t21-,24?/m0/s1. The topological polar surface area (TPSA) is 12.5 Å². The minimum Gasteiger partial charge on any atom is -0.378 e. The highest BCUT2D eigenvalue weighted by atomic mass is 16.5. The number of hydrogen-bond donors (Lipinski definition) is 0. The number of fused-ring (bicyclic) bond motifs is 1. The van der Waals surface area contributed by atoms with Crippen LogP contribution in [0.25, 0.3) is 10.8 Å². The molecular formula is C26H31NO. The van der Waals surface area contributed by atoms with Gasteiger partial charge in [0, 0.05) is 19.1 Å². The van der Waals surface area contributed by atoms with Crippen LogP contribution in [-0.2, 0) is 11.3 Å². The molecule has 1 saturated heterocycles. The van der Waals surface area contributed by atoms with Gasteiger partial charge in [-0.05, 0) is 47.6 Å². The van der Waals surface area contributed by atoms with E-state index in [2.05, 4.69) is 85.5 Å². The van der Waals surface area contributed by atoms with Crippen molar-refractivity contribution in [2.45, 2.75) is 45.2 Å². The van der Waals surface area contributed by atoms with Crippen molar-refractivity contribution < 1.29 is 4.74 Å². The molecule has 0 N–H and O–H groups in total. The Balaban J connectivity index is 1.42. The maximum atomic E-state index is 5.84. The lowest BCUT2D eigenvalue weighted by Crippen LogP contribution is -2.44. The van der Waals surface area contributed by atoms with Crippen LogP contribution in [0.2, 0.25) is 0 Å². The average Bonchev–Trinajstić information content (AvgIpc) is 2.74. The van der Waals surface area contributed by atoms with Crippen LogP contribution >= 0.6 is 0 Å². The van der Waals surface area contributed by atoms with Crippen LogP contribution in [-0.4, -0.2) is 30.7 Å². The van der Waals surface area contributed by atoms with E-state index in [9.17, 15) is 0 Å². The predicted octanol–water partition coefficient (Wildman–Crippen LogP) is 5.93. The highest BCUT2D eigenvalue weighted by Gasteiger charge is 2.24. The summed E-state index contributed by atoms with van der Waals surface area (Å²) in [6.07, 6.45) is 2.36. The quantitative estimate of drug-likeness (QED) is 0.531. The number of nitrogens with zero attached hydrogens (tertiary/aromatic N) is 1. The molecule has 3 aromatic rings. The number of ether oxygens (including phenoxy) is 1. The molecule has 3 aromatic carbocycles. The van der Waals surface area contributed by atoms with Crippen LogP contribution < -0.4 is 0 Å². The smallest absolute Gasteiger partial charge is 0.0622 e. The van der Waals surface area contributed by atoms with Gasteiger partial charge in [0.2, 0.25) is 0 Å². The Kier molecular flexibility index (Phi) is 6.09. The van der Waals surface area contributed by atoms with E-state index in [4.69, 9.17) is 4.74 Å². The summed E-state index contributed by atoms with van der Waals surface area (Å²) in [4.78, 5) is 2.62. The first kappa shape index (κ1) is 19.2. The van der Waals surface area contributed by atoms with E-state index in [1.54, 1.807) is 0 Å². The molecule has 0 saturated carbocycles. The zero-order chi connectivity index (χ0) is 19.3. The SMILES string of the molecule is Cc1ccc(CN2CCOCC2CC[C@H](C)c2cccc3ccccc23)cc1. The third-order valence-corrected chi connectivity index (χ3v) is 6.14. The summed E-state index contributed by atoms with van der Waals surface area (Å²) < 4.78 is 5.84. The minimum atomic E-state index is 0.507. The van der Waals surface area contributed by atoms with Crippen molar-refractivity contribution in [3.05, 3.63) is 83.4 Å². The monoisotopic (exact) mass is 373 g/mol. The highest BCUT2D eigenvalue weighted by Crippen LogP contribution is 2.30. The Morgan fingerprint density at radius 2 is 1.79 bits per heavy atom. The number of hydrogen-bond acceptors (Lipinski definition) is 2. The molecule has 2 heteroatoms. The molecule has 0 aliphatic carbocycles. The Labute approximate surface area is 169 Å². The molecule has 2 atom stereocenters. The summed E-state index contributed by atoms with van der Waals surface area (Å²) in [5.74, 6) is 0.550. The molecule has 0 amide bonds. The molecule has 4 rings (SSSR count). The lowest BCUT2D eigenvalue weighted by atomic mass is 9.90. The van der Waals surface area contributed by atoms with Gasteiger partial charge in [-0.3, -0.25) is 4.90 Å². The summed E-state index contributed by atoms with van der Waals surface area (Å²) in [6, 6.07) is 24.9. The maximum absolute atomic E-state index is 5.84. The number of rotatable bonds is 6. The molecule has 2 nitrogen and oxygen atoms in total. The van der Waals surface area contributed by atoms with E-state index < -0.39 is 0 Å². The summed E-state index contributed by atoms with van der Waals surface area (Å²) >= 11 is 0. The first-order valence-corrected chi connectivity index (χ1v) is 10.6. The molecule has 1 unspecified atom stereocenters. The van der Waals surface area contributed by atoms with Gasteiger partial charge >= 0.3 is 0 Å². The normalized spacial score (nSPS) is 19.0. The fourth-order valence-corrected chi connectivity index (χ4v) is 4.37. The van der Waals surface area contributed by atoms with Crippen LogP contribution in [0.15, 0.2) is 66.7 Å². The first-order valence-electron chi connectivity index (χ1n) is 10.6. The third kappa shape index (κ3) is 4.45. The Bertz CT molecular complexity index is 896. The van der Waals surface area contributed by atoms with Crippen molar-refractivity contribution >= 4 is 10.8 Å². The first-order chi connectivity index (χ1) is 13.7. The van der Waals surface area contributed by atoms with E-state index in [0.29, 0.717) is 12.0 Å². The fraction of sp³-hybridized carbons (Fsp3) is 0.385. The van der Waals surface area contributed by atoms with Crippen LogP contribution in [0.1, 0.15) is 42.4 Å². The second kappa shape index (κ2) is 8.89. The van der Waals surface area contributed by atoms with Gasteiger partial charge in [-0.2, -0.15) is 0 Å². The summed E-state index contributed by atoms with van der Waals surface area (Å²) in [5.41, 5.74) is 4.20. The zero-order valence-electron chi connectivity index (χ0n) is 17.1. The van der Waals surface area contributed by atoms with Crippen LogP contribution in [0.4, 0.5) is 0 Å². The molecule has 1 fully saturated rings. The summed E-state index contributed by atoms with van der Waals surface area (Å²) in [5, 5.41) is 2.74. The van der Waals surface area contributed by atoms with E-state index >= 15 is 0 Å². The van der Waals surface area contributed by atoms with Crippen LogP contribution in [0.3, 0.4) is 0 Å². The maximum Gasteiger partial charge on any atom is 0.0622 e. The molecule has 0 bridgehead atoms. The van der Waals surface area contributed by atoms with Crippen molar-refractivity contribution in [2.24, 2.45) is 0 Å². The van der Waals surface area contributed by atoms with Gasteiger partial charge < -0.3 is 4.74 Å². The second-order valence-corrected chi connectivity index (χ2v) is 8.23. The molecule has 146 valence electrons. The summed E-state index contributed by atoms with van der Waals surface area (Å²) in [7, 11) is 0. The van der Waals surface area contributed by atoms with Gasteiger partial charge in [0.1, 0.15) is 0 Å². The van der Waals surface area contributed by atoms with E-state index in [-0.39, 0.29) is 0 Å². The molecule has 0 spiro atoms. The lowest BCUT2D eigenvalue weighted by molar-refractivity contribution is -0.0155.